The monoisotopic (exact) mass is 358 g/mol. The Morgan fingerprint density at radius 1 is 1.04 bits per heavy atom. The van der Waals surface area contributed by atoms with Gasteiger partial charge in [0.15, 0.2) is 0 Å². The standard InChI is InChI=1S/C24H26N2O/c1-2-17-12-14-18(15-13-17)23-16-21(20-10-6-7-11-22(20)26-23)24(27)25-19-8-4-3-5-9-19/h6-7,10-16,19H,2-5,8-9H2,1H3,(H,25,27). The quantitative estimate of drug-likeness (QED) is 0.666. The molecule has 1 saturated carbocycles. The molecule has 1 heterocycles. The van der Waals surface area contributed by atoms with Gasteiger partial charge in [0, 0.05) is 17.0 Å². The van der Waals surface area contributed by atoms with E-state index in [2.05, 4.69) is 36.5 Å². The number of hydrogen-bond acceptors (Lipinski definition) is 2. The number of benzene rings is 2. The van der Waals surface area contributed by atoms with E-state index in [4.69, 9.17) is 4.98 Å². The van der Waals surface area contributed by atoms with Crippen LogP contribution in [0.2, 0.25) is 0 Å². The van der Waals surface area contributed by atoms with Crippen molar-refractivity contribution in [1.82, 2.24) is 10.3 Å². The summed E-state index contributed by atoms with van der Waals surface area (Å²) in [5.74, 6) is 0.0203. The summed E-state index contributed by atoms with van der Waals surface area (Å²) < 4.78 is 0. The Morgan fingerprint density at radius 2 is 1.78 bits per heavy atom. The second-order valence-corrected chi connectivity index (χ2v) is 7.43. The lowest BCUT2D eigenvalue weighted by molar-refractivity contribution is 0.0929. The van der Waals surface area contributed by atoms with E-state index in [1.165, 1.54) is 24.8 Å². The first-order chi connectivity index (χ1) is 13.2. The summed E-state index contributed by atoms with van der Waals surface area (Å²) in [6, 6.07) is 18.6. The van der Waals surface area contributed by atoms with Crippen molar-refractivity contribution in [3.8, 4) is 11.3 Å². The van der Waals surface area contributed by atoms with E-state index in [0.717, 1.165) is 47.0 Å². The average molecular weight is 358 g/mol. The molecule has 1 N–H and O–H groups in total. The summed E-state index contributed by atoms with van der Waals surface area (Å²) in [7, 11) is 0. The van der Waals surface area contributed by atoms with E-state index in [1.54, 1.807) is 0 Å². The Hall–Kier alpha value is -2.68. The highest BCUT2D eigenvalue weighted by molar-refractivity contribution is 6.07. The van der Waals surface area contributed by atoms with Crippen LogP contribution < -0.4 is 5.32 Å². The Balaban J connectivity index is 1.72. The van der Waals surface area contributed by atoms with Gasteiger partial charge in [-0.1, -0.05) is 68.7 Å². The molecule has 0 aliphatic heterocycles. The number of fused-ring (bicyclic) bond motifs is 1. The van der Waals surface area contributed by atoms with Gasteiger partial charge in [0.25, 0.3) is 5.91 Å². The summed E-state index contributed by atoms with van der Waals surface area (Å²) in [6.45, 7) is 2.15. The fourth-order valence-electron chi connectivity index (χ4n) is 3.93. The van der Waals surface area contributed by atoms with Gasteiger partial charge in [-0.2, -0.15) is 0 Å². The Morgan fingerprint density at radius 3 is 2.52 bits per heavy atom. The minimum atomic E-state index is 0.0203. The van der Waals surface area contributed by atoms with Crippen molar-refractivity contribution in [2.24, 2.45) is 0 Å². The van der Waals surface area contributed by atoms with E-state index in [-0.39, 0.29) is 5.91 Å². The highest BCUT2D eigenvalue weighted by Gasteiger charge is 2.19. The maximum atomic E-state index is 13.1. The highest BCUT2D eigenvalue weighted by atomic mass is 16.1. The molecular formula is C24H26N2O. The van der Waals surface area contributed by atoms with Crippen LogP contribution in [0.25, 0.3) is 22.2 Å². The molecule has 1 fully saturated rings. The van der Waals surface area contributed by atoms with Crippen LogP contribution in [0.5, 0.6) is 0 Å². The lowest BCUT2D eigenvalue weighted by Crippen LogP contribution is -2.36. The molecule has 2 aromatic carbocycles. The number of aryl methyl sites for hydroxylation is 1. The number of rotatable bonds is 4. The van der Waals surface area contributed by atoms with Gasteiger partial charge in [-0.05, 0) is 37.0 Å². The van der Waals surface area contributed by atoms with E-state index >= 15 is 0 Å². The zero-order valence-corrected chi connectivity index (χ0v) is 15.9. The zero-order valence-electron chi connectivity index (χ0n) is 15.9. The normalized spacial score (nSPS) is 15.0. The fraction of sp³-hybridized carbons (Fsp3) is 0.333. The molecule has 4 rings (SSSR count). The summed E-state index contributed by atoms with van der Waals surface area (Å²) in [6.07, 6.45) is 6.87. The molecule has 0 atom stereocenters. The number of aromatic nitrogens is 1. The first-order valence-electron chi connectivity index (χ1n) is 10.0. The van der Waals surface area contributed by atoms with Gasteiger partial charge >= 0.3 is 0 Å². The van der Waals surface area contributed by atoms with Gasteiger partial charge in [-0.15, -0.1) is 0 Å². The maximum Gasteiger partial charge on any atom is 0.252 e. The van der Waals surface area contributed by atoms with Gasteiger partial charge < -0.3 is 5.32 Å². The topological polar surface area (TPSA) is 42.0 Å². The number of carbonyl (C=O) groups is 1. The van der Waals surface area contributed by atoms with Crippen molar-refractivity contribution < 1.29 is 4.79 Å². The molecule has 3 aromatic rings. The van der Waals surface area contributed by atoms with Crippen molar-refractivity contribution >= 4 is 16.8 Å². The number of pyridine rings is 1. The second kappa shape index (κ2) is 7.91. The van der Waals surface area contributed by atoms with E-state index < -0.39 is 0 Å². The van der Waals surface area contributed by atoms with Gasteiger partial charge in [-0.25, -0.2) is 4.98 Å². The third-order valence-electron chi connectivity index (χ3n) is 5.56. The largest absolute Gasteiger partial charge is 0.349 e. The molecule has 3 nitrogen and oxygen atoms in total. The van der Waals surface area contributed by atoms with Crippen LogP contribution in [0.4, 0.5) is 0 Å². The van der Waals surface area contributed by atoms with Crippen LogP contribution in [0.15, 0.2) is 54.6 Å². The molecule has 1 aromatic heterocycles. The molecule has 0 radical (unpaired) electrons. The lowest BCUT2D eigenvalue weighted by atomic mass is 9.95. The third-order valence-corrected chi connectivity index (χ3v) is 5.56. The van der Waals surface area contributed by atoms with Gasteiger partial charge in [0.05, 0.1) is 16.8 Å². The molecule has 1 aliphatic carbocycles. The first kappa shape index (κ1) is 17.7. The zero-order chi connectivity index (χ0) is 18.6. The van der Waals surface area contributed by atoms with Crippen LogP contribution in [0, 0.1) is 0 Å². The SMILES string of the molecule is CCc1ccc(-c2cc(C(=O)NC3CCCCC3)c3ccccc3n2)cc1. The van der Waals surface area contributed by atoms with Crippen molar-refractivity contribution in [3.05, 3.63) is 65.7 Å². The molecule has 3 heteroatoms. The number of carbonyl (C=O) groups excluding carboxylic acids is 1. The second-order valence-electron chi connectivity index (χ2n) is 7.43. The number of hydrogen-bond donors (Lipinski definition) is 1. The smallest absolute Gasteiger partial charge is 0.252 e. The maximum absolute atomic E-state index is 13.1. The van der Waals surface area contributed by atoms with Crippen LogP contribution in [-0.4, -0.2) is 16.9 Å². The number of amides is 1. The Bertz CT molecular complexity index is 940. The van der Waals surface area contributed by atoms with Crippen molar-refractivity contribution in [2.45, 2.75) is 51.5 Å². The summed E-state index contributed by atoms with van der Waals surface area (Å²) in [5.41, 5.74) is 4.79. The summed E-state index contributed by atoms with van der Waals surface area (Å²) in [5, 5.41) is 4.17. The third kappa shape index (κ3) is 3.87. The number of nitrogens with one attached hydrogen (secondary N) is 1. The van der Waals surface area contributed by atoms with Gasteiger partial charge in [0.1, 0.15) is 0 Å². The number of nitrogens with zero attached hydrogens (tertiary/aromatic N) is 1. The van der Waals surface area contributed by atoms with Crippen LogP contribution in [-0.2, 0) is 6.42 Å². The lowest BCUT2D eigenvalue weighted by Gasteiger charge is -2.23. The van der Waals surface area contributed by atoms with Crippen molar-refractivity contribution in [3.63, 3.8) is 0 Å². The summed E-state index contributed by atoms with van der Waals surface area (Å²) >= 11 is 0. The highest BCUT2D eigenvalue weighted by Crippen LogP contribution is 2.26. The Kier molecular flexibility index (Phi) is 5.19. The predicted molar refractivity (Wildman–Crippen MR) is 111 cm³/mol. The molecule has 138 valence electrons. The fourth-order valence-corrected chi connectivity index (χ4v) is 3.93. The molecule has 1 amide bonds. The number of para-hydroxylation sites is 1. The minimum Gasteiger partial charge on any atom is -0.349 e. The van der Waals surface area contributed by atoms with Gasteiger partial charge in [-0.3, -0.25) is 4.79 Å². The average Bonchev–Trinajstić information content (AvgIpc) is 2.73. The molecule has 1 aliphatic rings. The molecule has 0 bridgehead atoms. The van der Waals surface area contributed by atoms with E-state index in [0.29, 0.717) is 6.04 Å². The molecule has 0 unspecified atom stereocenters. The molecule has 0 spiro atoms. The first-order valence-corrected chi connectivity index (χ1v) is 10.0. The summed E-state index contributed by atoms with van der Waals surface area (Å²) in [4.78, 5) is 17.9. The molecular weight excluding hydrogens is 332 g/mol. The van der Waals surface area contributed by atoms with Crippen molar-refractivity contribution in [1.29, 1.82) is 0 Å². The van der Waals surface area contributed by atoms with E-state index in [9.17, 15) is 4.79 Å². The van der Waals surface area contributed by atoms with Crippen LogP contribution in [0.3, 0.4) is 0 Å². The van der Waals surface area contributed by atoms with Gasteiger partial charge in [0.2, 0.25) is 0 Å². The minimum absolute atomic E-state index is 0.0203. The van der Waals surface area contributed by atoms with Crippen LogP contribution in [0.1, 0.15) is 54.9 Å². The molecule has 27 heavy (non-hydrogen) atoms. The molecule has 0 saturated heterocycles. The van der Waals surface area contributed by atoms with E-state index in [1.807, 2.05) is 30.3 Å². The Labute approximate surface area is 160 Å². The predicted octanol–water partition coefficient (Wildman–Crippen LogP) is 5.53. The van der Waals surface area contributed by atoms with Crippen LogP contribution >= 0.6 is 0 Å². The van der Waals surface area contributed by atoms with Crippen molar-refractivity contribution in [2.75, 3.05) is 0 Å².